The lowest BCUT2D eigenvalue weighted by Gasteiger charge is -2.15. The highest BCUT2D eigenvalue weighted by Crippen LogP contribution is 2.24. The number of H-pyrrole nitrogens is 1. The summed E-state index contributed by atoms with van der Waals surface area (Å²) in [5.74, 6) is -0.0821. The summed E-state index contributed by atoms with van der Waals surface area (Å²) in [6.45, 7) is 3.73. The van der Waals surface area contributed by atoms with Crippen LogP contribution in [0.3, 0.4) is 0 Å². The number of benzene rings is 2. The molecule has 3 aromatic rings. The number of carbonyl (C=O) groups is 1. The third-order valence-electron chi connectivity index (χ3n) is 4.19. The van der Waals surface area contributed by atoms with Crippen LogP contribution >= 0.6 is 11.8 Å². The Morgan fingerprint density at radius 1 is 1.18 bits per heavy atom. The van der Waals surface area contributed by atoms with Crippen LogP contribution in [0.25, 0.3) is 11.0 Å². The van der Waals surface area contributed by atoms with Crippen molar-refractivity contribution in [3.8, 4) is 0 Å². The van der Waals surface area contributed by atoms with Gasteiger partial charge in [0.15, 0.2) is 5.16 Å². The minimum Gasteiger partial charge on any atom is -0.333 e. The molecule has 0 atom stereocenters. The van der Waals surface area contributed by atoms with Crippen LogP contribution in [-0.2, 0) is 14.8 Å². The molecule has 9 heteroatoms. The van der Waals surface area contributed by atoms with Crippen LogP contribution in [-0.4, -0.2) is 48.4 Å². The van der Waals surface area contributed by atoms with Gasteiger partial charge in [-0.1, -0.05) is 23.9 Å². The van der Waals surface area contributed by atoms with Gasteiger partial charge in [-0.25, -0.2) is 17.7 Å². The van der Waals surface area contributed by atoms with E-state index in [1.54, 1.807) is 19.1 Å². The van der Waals surface area contributed by atoms with Crippen molar-refractivity contribution in [1.29, 1.82) is 0 Å². The normalized spacial score (nSPS) is 11.9. The van der Waals surface area contributed by atoms with Crippen LogP contribution in [0.5, 0.6) is 0 Å². The summed E-state index contributed by atoms with van der Waals surface area (Å²) >= 11 is 1.29. The van der Waals surface area contributed by atoms with Crippen molar-refractivity contribution in [2.24, 2.45) is 0 Å². The molecular weight excluding hydrogens is 396 g/mol. The first-order valence-corrected chi connectivity index (χ1v) is 11.0. The smallest absolute Gasteiger partial charge is 0.242 e. The van der Waals surface area contributed by atoms with Gasteiger partial charge in [0.2, 0.25) is 15.9 Å². The van der Waals surface area contributed by atoms with E-state index >= 15 is 0 Å². The number of nitrogens with one attached hydrogen (secondary N) is 2. The Hall–Kier alpha value is -2.36. The van der Waals surface area contributed by atoms with Gasteiger partial charge < -0.3 is 10.3 Å². The molecule has 7 nitrogen and oxygen atoms in total. The Morgan fingerprint density at radius 3 is 2.64 bits per heavy atom. The minimum absolute atomic E-state index is 0.155. The number of aryl methyl sites for hydroxylation is 2. The predicted octanol–water partition coefficient (Wildman–Crippen LogP) is 3.16. The third kappa shape index (κ3) is 4.37. The van der Waals surface area contributed by atoms with E-state index in [2.05, 4.69) is 15.3 Å². The maximum atomic E-state index is 12.4. The molecule has 1 amide bonds. The number of rotatable bonds is 6. The van der Waals surface area contributed by atoms with Crippen molar-refractivity contribution in [1.82, 2.24) is 14.3 Å². The number of aromatic nitrogens is 2. The number of hydrogen-bond acceptors (Lipinski definition) is 5. The van der Waals surface area contributed by atoms with Crippen LogP contribution in [0.15, 0.2) is 46.5 Å². The van der Waals surface area contributed by atoms with Gasteiger partial charge in [0.1, 0.15) is 0 Å². The van der Waals surface area contributed by atoms with Crippen molar-refractivity contribution in [2.45, 2.75) is 23.9 Å². The van der Waals surface area contributed by atoms with Gasteiger partial charge in [0.25, 0.3) is 0 Å². The number of aromatic amines is 1. The summed E-state index contributed by atoms with van der Waals surface area (Å²) < 4.78 is 26.0. The molecule has 0 saturated carbocycles. The summed E-state index contributed by atoms with van der Waals surface area (Å²) in [5, 5.41) is 3.41. The lowest BCUT2D eigenvalue weighted by atomic mass is 10.2. The molecule has 0 fully saturated rings. The fourth-order valence-electron chi connectivity index (χ4n) is 2.65. The number of nitrogens with zero attached hydrogens (tertiary/aromatic N) is 2. The highest BCUT2D eigenvalue weighted by Gasteiger charge is 2.20. The van der Waals surface area contributed by atoms with E-state index in [4.69, 9.17) is 0 Å². The number of hydrogen-bond donors (Lipinski definition) is 2. The molecule has 148 valence electrons. The second kappa shape index (κ2) is 7.94. The molecule has 1 heterocycles. The van der Waals surface area contributed by atoms with E-state index in [0.29, 0.717) is 16.4 Å². The molecule has 28 heavy (non-hydrogen) atoms. The van der Waals surface area contributed by atoms with Gasteiger partial charge in [-0.3, -0.25) is 4.79 Å². The Kier molecular flexibility index (Phi) is 5.78. The molecule has 2 N–H and O–H groups in total. The third-order valence-corrected chi connectivity index (χ3v) is 7.02. The van der Waals surface area contributed by atoms with Gasteiger partial charge in [-0.05, 0) is 49.2 Å². The SMILES string of the molecule is Cc1ccc2nc(SCC(=O)Nc3ccc(C)c(S(=O)(=O)N(C)C)c3)[nH]c2c1. The zero-order valence-electron chi connectivity index (χ0n) is 16.1. The molecule has 0 aliphatic carbocycles. The number of imidazole rings is 1. The lowest BCUT2D eigenvalue weighted by Crippen LogP contribution is -2.23. The topological polar surface area (TPSA) is 95.2 Å². The van der Waals surface area contributed by atoms with E-state index < -0.39 is 10.0 Å². The molecule has 1 aromatic heterocycles. The second-order valence-electron chi connectivity index (χ2n) is 6.67. The molecule has 2 aromatic carbocycles. The molecular formula is C19H22N4O3S2. The molecule has 3 rings (SSSR count). The molecule has 0 aliphatic heterocycles. The highest BCUT2D eigenvalue weighted by molar-refractivity contribution is 7.99. The van der Waals surface area contributed by atoms with Crippen LogP contribution in [0.1, 0.15) is 11.1 Å². The summed E-state index contributed by atoms with van der Waals surface area (Å²) in [7, 11) is -0.622. The van der Waals surface area contributed by atoms with E-state index in [-0.39, 0.29) is 16.6 Å². The van der Waals surface area contributed by atoms with E-state index in [1.165, 1.54) is 31.9 Å². The number of thioether (sulfide) groups is 1. The minimum atomic E-state index is -3.58. The van der Waals surface area contributed by atoms with Crippen LogP contribution in [0.4, 0.5) is 5.69 Å². The summed E-state index contributed by atoms with van der Waals surface area (Å²) in [5.41, 5.74) is 3.98. The van der Waals surface area contributed by atoms with Crippen molar-refractivity contribution in [3.05, 3.63) is 47.5 Å². The molecule has 0 radical (unpaired) electrons. The van der Waals surface area contributed by atoms with Crippen LogP contribution in [0.2, 0.25) is 0 Å². The van der Waals surface area contributed by atoms with Crippen molar-refractivity contribution < 1.29 is 13.2 Å². The van der Waals surface area contributed by atoms with Gasteiger partial charge in [-0.2, -0.15) is 0 Å². The standard InChI is InChI=1S/C19H22N4O3S2/c1-12-5-8-15-16(9-12)22-19(21-15)27-11-18(24)20-14-7-6-13(2)17(10-14)28(25,26)23(3)4/h5-10H,11H2,1-4H3,(H,20,24)(H,21,22). The maximum Gasteiger partial charge on any atom is 0.242 e. The van der Waals surface area contributed by atoms with Gasteiger partial charge in [0.05, 0.1) is 21.7 Å². The predicted molar refractivity (Wildman–Crippen MR) is 112 cm³/mol. The zero-order valence-corrected chi connectivity index (χ0v) is 17.7. The number of carbonyl (C=O) groups excluding carboxylic acids is 1. The van der Waals surface area contributed by atoms with Crippen molar-refractivity contribution >= 4 is 44.4 Å². The Balaban J connectivity index is 1.69. The molecule has 0 unspecified atom stereocenters. The summed E-state index contributed by atoms with van der Waals surface area (Å²) in [6, 6.07) is 10.8. The van der Waals surface area contributed by atoms with Crippen LogP contribution < -0.4 is 5.32 Å². The van der Waals surface area contributed by atoms with Crippen molar-refractivity contribution in [3.63, 3.8) is 0 Å². The Labute approximate surface area is 168 Å². The van der Waals surface area contributed by atoms with Gasteiger partial charge >= 0.3 is 0 Å². The average Bonchev–Trinajstić information content (AvgIpc) is 3.03. The number of anilines is 1. The zero-order chi connectivity index (χ0) is 20.5. The molecule has 0 aliphatic rings. The molecule has 0 saturated heterocycles. The highest BCUT2D eigenvalue weighted by atomic mass is 32.2. The first-order valence-electron chi connectivity index (χ1n) is 8.59. The van der Waals surface area contributed by atoms with E-state index in [1.807, 2.05) is 25.1 Å². The lowest BCUT2D eigenvalue weighted by molar-refractivity contribution is -0.113. The molecule has 0 spiro atoms. The Bertz CT molecular complexity index is 1140. The first-order chi connectivity index (χ1) is 13.2. The van der Waals surface area contributed by atoms with Crippen molar-refractivity contribution in [2.75, 3.05) is 25.2 Å². The number of fused-ring (bicyclic) bond motifs is 1. The van der Waals surface area contributed by atoms with E-state index in [9.17, 15) is 13.2 Å². The molecule has 0 bridgehead atoms. The second-order valence-corrected chi connectivity index (χ2v) is 9.75. The maximum absolute atomic E-state index is 12.4. The fraction of sp³-hybridized carbons (Fsp3) is 0.263. The van der Waals surface area contributed by atoms with Gasteiger partial charge in [0, 0.05) is 19.8 Å². The number of amides is 1. The summed E-state index contributed by atoms with van der Waals surface area (Å²) in [4.78, 5) is 20.1. The Morgan fingerprint density at radius 2 is 1.93 bits per heavy atom. The monoisotopic (exact) mass is 418 g/mol. The summed E-state index contributed by atoms with van der Waals surface area (Å²) in [6.07, 6.45) is 0. The largest absolute Gasteiger partial charge is 0.333 e. The van der Waals surface area contributed by atoms with Gasteiger partial charge in [-0.15, -0.1) is 0 Å². The quantitative estimate of drug-likeness (QED) is 0.600. The first kappa shape index (κ1) is 20.4. The van der Waals surface area contributed by atoms with E-state index in [0.717, 1.165) is 20.9 Å². The fourth-order valence-corrected chi connectivity index (χ4v) is 4.48. The average molecular weight is 419 g/mol. The van der Waals surface area contributed by atoms with Crippen LogP contribution in [0, 0.1) is 13.8 Å². The number of sulfonamides is 1.